The van der Waals surface area contributed by atoms with E-state index in [1.807, 2.05) is 60.7 Å². The Hall–Kier alpha value is -3.60. The zero-order valence-corrected chi connectivity index (χ0v) is 15.2. The first-order valence-corrected chi connectivity index (χ1v) is 8.40. The van der Waals surface area contributed by atoms with Crippen molar-refractivity contribution in [3.63, 3.8) is 0 Å². The minimum absolute atomic E-state index is 0.281. The van der Waals surface area contributed by atoms with Crippen LogP contribution in [0.25, 0.3) is 24.3 Å². The lowest BCUT2D eigenvalue weighted by Gasteiger charge is -2.04. The molecule has 27 heavy (non-hydrogen) atoms. The Morgan fingerprint density at radius 2 is 1.15 bits per heavy atom. The highest BCUT2D eigenvalue weighted by Gasteiger charge is 2.02. The van der Waals surface area contributed by atoms with Gasteiger partial charge in [-0.25, -0.2) is 0 Å². The lowest BCUT2D eigenvalue weighted by atomic mass is 10.1. The Morgan fingerprint density at radius 3 is 1.59 bits per heavy atom. The molecule has 0 bridgehead atoms. The highest BCUT2D eigenvalue weighted by molar-refractivity contribution is 5.74. The van der Waals surface area contributed by atoms with E-state index in [1.165, 1.54) is 0 Å². The lowest BCUT2D eigenvalue weighted by molar-refractivity contribution is 0.414. The molecule has 0 fully saturated rings. The van der Waals surface area contributed by atoms with E-state index in [4.69, 9.17) is 9.47 Å². The SMILES string of the molecule is COc1ccccc1C=Cc1cc(C=Cc2ccccc2OC)nc(O)n1. The third-order valence-electron chi connectivity index (χ3n) is 3.90. The van der Waals surface area contributed by atoms with Gasteiger partial charge in [-0.2, -0.15) is 9.97 Å². The van der Waals surface area contributed by atoms with Gasteiger partial charge in [-0.3, -0.25) is 0 Å². The Labute approximate surface area is 158 Å². The van der Waals surface area contributed by atoms with Crippen molar-refractivity contribution < 1.29 is 14.6 Å². The second-order valence-corrected chi connectivity index (χ2v) is 5.67. The number of benzene rings is 2. The van der Waals surface area contributed by atoms with Crippen LogP contribution in [0.15, 0.2) is 54.6 Å². The quantitative estimate of drug-likeness (QED) is 0.699. The number of aromatic hydroxyl groups is 1. The van der Waals surface area contributed by atoms with Crippen LogP contribution in [-0.2, 0) is 0 Å². The van der Waals surface area contributed by atoms with Gasteiger partial charge >= 0.3 is 6.01 Å². The third-order valence-corrected chi connectivity index (χ3v) is 3.90. The molecule has 1 aromatic heterocycles. The molecule has 2 aromatic carbocycles. The fourth-order valence-corrected chi connectivity index (χ4v) is 2.60. The summed E-state index contributed by atoms with van der Waals surface area (Å²) in [5, 5.41) is 9.85. The number of aromatic nitrogens is 2. The fraction of sp³-hybridized carbons (Fsp3) is 0.0909. The van der Waals surface area contributed by atoms with Crippen LogP contribution in [0.2, 0.25) is 0 Å². The van der Waals surface area contributed by atoms with Gasteiger partial charge in [0.15, 0.2) is 0 Å². The molecule has 136 valence electrons. The van der Waals surface area contributed by atoms with E-state index < -0.39 is 0 Å². The van der Waals surface area contributed by atoms with E-state index >= 15 is 0 Å². The summed E-state index contributed by atoms with van der Waals surface area (Å²) in [6.07, 6.45) is 7.38. The summed E-state index contributed by atoms with van der Waals surface area (Å²) in [4.78, 5) is 8.10. The van der Waals surface area contributed by atoms with Crippen LogP contribution >= 0.6 is 0 Å². The summed E-state index contributed by atoms with van der Waals surface area (Å²) < 4.78 is 10.7. The second-order valence-electron chi connectivity index (χ2n) is 5.67. The highest BCUT2D eigenvalue weighted by atomic mass is 16.5. The molecule has 3 rings (SSSR count). The van der Waals surface area contributed by atoms with E-state index in [-0.39, 0.29) is 6.01 Å². The van der Waals surface area contributed by atoms with Crippen LogP contribution in [0.3, 0.4) is 0 Å². The molecule has 0 aliphatic rings. The van der Waals surface area contributed by atoms with E-state index in [1.54, 1.807) is 32.4 Å². The standard InChI is InChI=1S/C22H20N2O3/c1-26-20-9-5-3-7-16(20)11-13-18-15-19(24-22(25)23-18)14-12-17-8-4-6-10-21(17)27-2/h3-15H,1-2H3,(H,23,24,25). The van der Waals surface area contributed by atoms with Gasteiger partial charge in [0.2, 0.25) is 0 Å². The number of hydrogen-bond acceptors (Lipinski definition) is 5. The zero-order valence-electron chi connectivity index (χ0n) is 15.2. The molecule has 0 radical (unpaired) electrons. The van der Waals surface area contributed by atoms with Crippen molar-refractivity contribution in [2.45, 2.75) is 0 Å². The summed E-state index contributed by atoms with van der Waals surface area (Å²) in [6.45, 7) is 0. The average molecular weight is 360 g/mol. The van der Waals surface area contributed by atoms with Gasteiger partial charge in [0, 0.05) is 11.1 Å². The van der Waals surface area contributed by atoms with Gasteiger partial charge in [-0.1, -0.05) is 36.4 Å². The summed E-state index contributed by atoms with van der Waals surface area (Å²) in [5.41, 5.74) is 3.02. The summed E-state index contributed by atoms with van der Waals surface area (Å²) in [7, 11) is 3.26. The summed E-state index contributed by atoms with van der Waals surface area (Å²) in [6, 6.07) is 16.9. The lowest BCUT2D eigenvalue weighted by Crippen LogP contribution is -1.90. The number of methoxy groups -OCH3 is 2. The van der Waals surface area contributed by atoms with Gasteiger partial charge in [0.25, 0.3) is 0 Å². The molecule has 0 aliphatic carbocycles. The molecule has 0 atom stereocenters. The molecule has 3 aromatic rings. The topological polar surface area (TPSA) is 64.5 Å². The smallest absolute Gasteiger partial charge is 0.314 e. The van der Waals surface area contributed by atoms with E-state index in [0.717, 1.165) is 22.6 Å². The normalized spacial score (nSPS) is 11.2. The molecule has 5 nitrogen and oxygen atoms in total. The summed E-state index contributed by atoms with van der Waals surface area (Å²) in [5.74, 6) is 1.53. The van der Waals surface area contributed by atoms with Crippen LogP contribution < -0.4 is 9.47 Å². The van der Waals surface area contributed by atoms with E-state index in [2.05, 4.69) is 9.97 Å². The van der Waals surface area contributed by atoms with Gasteiger partial charge in [0.05, 0.1) is 25.6 Å². The highest BCUT2D eigenvalue weighted by Crippen LogP contribution is 2.22. The van der Waals surface area contributed by atoms with Crippen molar-refractivity contribution in [3.8, 4) is 17.5 Å². The molecular formula is C22H20N2O3. The van der Waals surface area contributed by atoms with Gasteiger partial charge in [-0.05, 0) is 42.5 Å². The first-order valence-electron chi connectivity index (χ1n) is 8.40. The van der Waals surface area contributed by atoms with Gasteiger partial charge < -0.3 is 14.6 Å². The van der Waals surface area contributed by atoms with Gasteiger partial charge in [0.1, 0.15) is 11.5 Å². The molecule has 0 saturated heterocycles. The number of rotatable bonds is 6. The minimum atomic E-state index is -0.281. The molecule has 1 N–H and O–H groups in total. The maximum atomic E-state index is 9.85. The largest absolute Gasteiger partial charge is 0.496 e. The fourth-order valence-electron chi connectivity index (χ4n) is 2.60. The van der Waals surface area contributed by atoms with Gasteiger partial charge in [-0.15, -0.1) is 0 Å². The van der Waals surface area contributed by atoms with E-state index in [9.17, 15) is 5.11 Å². The van der Waals surface area contributed by atoms with Crippen molar-refractivity contribution in [1.29, 1.82) is 0 Å². The Kier molecular flexibility index (Phi) is 5.84. The molecule has 0 unspecified atom stereocenters. The number of nitrogens with zero attached hydrogens (tertiary/aromatic N) is 2. The second kappa shape index (κ2) is 8.67. The predicted molar refractivity (Wildman–Crippen MR) is 108 cm³/mol. The molecular weight excluding hydrogens is 340 g/mol. The van der Waals surface area contributed by atoms with Crippen molar-refractivity contribution in [1.82, 2.24) is 9.97 Å². The van der Waals surface area contributed by atoms with Crippen LogP contribution in [0, 0.1) is 0 Å². The molecule has 1 heterocycles. The maximum Gasteiger partial charge on any atom is 0.314 e. The van der Waals surface area contributed by atoms with Crippen LogP contribution in [0.1, 0.15) is 22.5 Å². The minimum Gasteiger partial charge on any atom is -0.496 e. The van der Waals surface area contributed by atoms with Crippen LogP contribution in [0.4, 0.5) is 0 Å². The average Bonchev–Trinajstić information content (AvgIpc) is 2.70. The van der Waals surface area contributed by atoms with Crippen molar-refractivity contribution in [3.05, 3.63) is 77.1 Å². The molecule has 0 aliphatic heterocycles. The number of hydrogen-bond donors (Lipinski definition) is 1. The van der Waals surface area contributed by atoms with Crippen molar-refractivity contribution >= 4 is 24.3 Å². The molecule has 0 saturated carbocycles. The van der Waals surface area contributed by atoms with Crippen LogP contribution in [0.5, 0.6) is 17.5 Å². The van der Waals surface area contributed by atoms with Crippen LogP contribution in [-0.4, -0.2) is 29.3 Å². The first-order chi connectivity index (χ1) is 13.2. The maximum absolute atomic E-state index is 9.85. The molecule has 5 heteroatoms. The summed E-state index contributed by atoms with van der Waals surface area (Å²) >= 11 is 0. The van der Waals surface area contributed by atoms with E-state index in [0.29, 0.717) is 11.4 Å². The van der Waals surface area contributed by atoms with Crippen molar-refractivity contribution in [2.75, 3.05) is 14.2 Å². The monoisotopic (exact) mass is 360 g/mol. The van der Waals surface area contributed by atoms with Crippen molar-refractivity contribution in [2.24, 2.45) is 0 Å². The third kappa shape index (κ3) is 4.73. The first kappa shape index (κ1) is 18.2. The Bertz CT molecular complexity index is 905. The molecule has 0 amide bonds. The number of ether oxygens (including phenoxy) is 2. The Morgan fingerprint density at radius 1 is 0.704 bits per heavy atom. The molecule has 0 spiro atoms. The Balaban J connectivity index is 1.86. The predicted octanol–water partition coefficient (Wildman–Crippen LogP) is 4.54. The zero-order chi connectivity index (χ0) is 19.1. The number of para-hydroxylation sites is 2.